The molecule has 6 heteroatoms. The highest BCUT2D eigenvalue weighted by molar-refractivity contribution is 5.98. The van der Waals surface area contributed by atoms with E-state index in [1.165, 1.54) is 42.7 Å². The second-order valence-corrected chi connectivity index (χ2v) is 3.50. The zero-order chi connectivity index (χ0) is 13.1. The predicted octanol–water partition coefficient (Wildman–Crippen LogP) is 2.35. The molecule has 1 aromatic heterocycles. The third-order valence-corrected chi connectivity index (χ3v) is 2.44. The van der Waals surface area contributed by atoms with E-state index >= 15 is 0 Å². The van der Waals surface area contributed by atoms with Crippen LogP contribution < -0.4 is 0 Å². The highest BCUT2D eigenvalue weighted by Crippen LogP contribution is 2.32. The van der Waals surface area contributed by atoms with Crippen molar-refractivity contribution in [2.75, 3.05) is 0 Å². The summed E-state index contributed by atoms with van der Waals surface area (Å²) in [6.45, 7) is 0. The van der Waals surface area contributed by atoms with E-state index < -0.39 is 10.9 Å². The Morgan fingerprint density at radius 1 is 1.22 bits per heavy atom. The molecule has 2 aromatic rings. The van der Waals surface area contributed by atoms with Gasteiger partial charge in [-0.15, -0.1) is 0 Å². The van der Waals surface area contributed by atoms with E-state index in [0.717, 1.165) is 0 Å². The van der Waals surface area contributed by atoms with E-state index in [4.69, 9.17) is 5.11 Å². The van der Waals surface area contributed by atoms with E-state index in [1.807, 2.05) is 0 Å². The molecule has 0 saturated carbocycles. The summed E-state index contributed by atoms with van der Waals surface area (Å²) >= 11 is 0. The summed E-state index contributed by atoms with van der Waals surface area (Å²) in [5.41, 5.74) is 0.212. The van der Waals surface area contributed by atoms with Crippen molar-refractivity contribution in [2.45, 2.75) is 0 Å². The number of hydrogen-bond acceptors (Lipinski definition) is 4. The van der Waals surface area contributed by atoms with Gasteiger partial charge in [-0.3, -0.25) is 15.1 Å². The first-order chi connectivity index (χ1) is 8.61. The Labute approximate surface area is 102 Å². The van der Waals surface area contributed by atoms with Gasteiger partial charge in [0.2, 0.25) is 0 Å². The average Bonchev–Trinajstić information content (AvgIpc) is 2.38. The first-order valence-corrected chi connectivity index (χ1v) is 5.02. The molecule has 0 aliphatic carbocycles. The molecule has 6 nitrogen and oxygen atoms in total. The maximum atomic E-state index is 11.1. The minimum absolute atomic E-state index is 0.0948. The topological polar surface area (TPSA) is 93.3 Å². The Balaban J connectivity index is 2.77. The van der Waals surface area contributed by atoms with Crippen LogP contribution in [0.15, 0.2) is 42.7 Å². The van der Waals surface area contributed by atoms with Crippen LogP contribution in [-0.4, -0.2) is 21.0 Å². The number of hydrogen-bond donors (Lipinski definition) is 1. The van der Waals surface area contributed by atoms with Crippen molar-refractivity contribution in [1.82, 2.24) is 4.98 Å². The molecule has 0 aliphatic rings. The van der Waals surface area contributed by atoms with Gasteiger partial charge in [-0.25, -0.2) is 4.79 Å². The van der Waals surface area contributed by atoms with E-state index in [2.05, 4.69) is 4.98 Å². The van der Waals surface area contributed by atoms with Crippen LogP contribution in [0.3, 0.4) is 0 Å². The minimum atomic E-state index is -1.20. The normalized spacial score (nSPS) is 10.0. The highest BCUT2D eigenvalue weighted by Gasteiger charge is 2.22. The summed E-state index contributed by atoms with van der Waals surface area (Å²) in [5.74, 6) is -1.20. The van der Waals surface area contributed by atoms with Gasteiger partial charge in [-0.2, -0.15) is 0 Å². The molecule has 0 unspecified atom stereocenters. The molecule has 0 bridgehead atoms. The number of nitro groups is 1. The van der Waals surface area contributed by atoms with E-state index in [9.17, 15) is 14.9 Å². The van der Waals surface area contributed by atoms with Gasteiger partial charge in [0.15, 0.2) is 0 Å². The quantitative estimate of drug-likeness (QED) is 0.660. The van der Waals surface area contributed by atoms with Gasteiger partial charge in [0, 0.05) is 18.5 Å². The number of rotatable bonds is 3. The molecule has 18 heavy (non-hydrogen) atoms. The summed E-state index contributed by atoms with van der Waals surface area (Å²) < 4.78 is 0. The number of carboxylic acids is 1. The second-order valence-electron chi connectivity index (χ2n) is 3.50. The molecule has 1 heterocycles. The lowest BCUT2D eigenvalue weighted by Gasteiger charge is -2.06. The Morgan fingerprint density at radius 3 is 2.44 bits per heavy atom. The molecule has 0 saturated heterocycles. The smallest absolute Gasteiger partial charge is 0.336 e. The van der Waals surface area contributed by atoms with Crippen molar-refractivity contribution < 1.29 is 14.8 Å². The van der Waals surface area contributed by atoms with Crippen molar-refractivity contribution in [3.8, 4) is 11.1 Å². The van der Waals surface area contributed by atoms with E-state index in [0.29, 0.717) is 5.56 Å². The fourth-order valence-corrected chi connectivity index (χ4v) is 1.69. The third-order valence-electron chi connectivity index (χ3n) is 2.44. The molecular formula is C12H8N2O4. The fourth-order valence-electron chi connectivity index (χ4n) is 1.69. The molecule has 0 amide bonds. The first-order valence-electron chi connectivity index (χ1n) is 5.02. The minimum Gasteiger partial charge on any atom is -0.478 e. The molecule has 90 valence electrons. The van der Waals surface area contributed by atoms with Crippen LogP contribution in [0.2, 0.25) is 0 Å². The zero-order valence-corrected chi connectivity index (χ0v) is 9.11. The molecule has 0 atom stereocenters. The maximum Gasteiger partial charge on any atom is 0.336 e. The van der Waals surface area contributed by atoms with Crippen molar-refractivity contribution in [1.29, 1.82) is 0 Å². The first kappa shape index (κ1) is 11.7. The summed E-state index contributed by atoms with van der Waals surface area (Å²) in [6.07, 6.45) is 2.91. The van der Waals surface area contributed by atoms with E-state index in [1.54, 1.807) is 0 Å². The zero-order valence-electron chi connectivity index (χ0n) is 9.11. The van der Waals surface area contributed by atoms with Crippen molar-refractivity contribution in [2.24, 2.45) is 0 Å². The van der Waals surface area contributed by atoms with Gasteiger partial charge in [0.1, 0.15) is 0 Å². The number of pyridine rings is 1. The van der Waals surface area contributed by atoms with Crippen molar-refractivity contribution in [3.05, 3.63) is 58.4 Å². The van der Waals surface area contributed by atoms with Gasteiger partial charge in [-0.05, 0) is 23.8 Å². The summed E-state index contributed by atoms with van der Waals surface area (Å²) in [7, 11) is 0. The molecule has 1 N–H and O–H groups in total. The lowest BCUT2D eigenvalue weighted by Crippen LogP contribution is -2.02. The number of benzene rings is 1. The fraction of sp³-hybridized carbons (Fsp3) is 0. The van der Waals surface area contributed by atoms with Crippen LogP contribution in [-0.2, 0) is 0 Å². The summed E-state index contributed by atoms with van der Waals surface area (Å²) in [5, 5.41) is 20.1. The number of nitrogens with zero attached hydrogens (tertiary/aromatic N) is 2. The number of nitro benzene ring substituents is 1. The monoisotopic (exact) mass is 244 g/mol. The van der Waals surface area contributed by atoms with Gasteiger partial charge >= 0.3 is 5.97 Å². The van der Waals surface area contributed by atoms with Crippen LogP contribution in [0.5, 0.6) is 0 Å². The Kier molecular flexibility index (Phi) is 3.01. The van der Waals surface area contributed by atoms with Crippen LogP contribution >= 0.6 is 0 Å². The average molecular weight is 244 g/mol. The van der Waals surface area contributed by atoms with Gasteiger partial charge in [0.25, 0.3) is 5.69 Å². The van der Waals surface area contributed by atoms with E-state index in [-0.39, 0.29) is 16.8 Å². The highest BCUT2D eigenvalue weighted by atomic mass is 16.6. The summed E-state index contributed by atoms with van der Waals surface area (Å²) in [6, 6.07) is 7.04. The van der Waals surface area contributed by atoms with Gasteiger partial charge in [0.05, 0.1) is 16.1 Å². The molecule has 2 rings (SSSR count). The maximum absolute atomic E-state index is 11.1. The lowest BCUT2D eigenvalue weighted by molar-refractivity contribution is -0.384. The summed E-state index contributed by atoms with van der Waals surface area (Å²) in [4.78, 5) is 25.3. The van der Waals surface area contributed by atoms with Gasteiger partial charge < -0.3 is 5.11 Å². The van der Waals surface area contributed by atoms with Gasteiger partial charge in [-0.1, -0.05) is 6.07 Å². The molecule has 0 radical (unpaired) electrons. The third kappa shape index (κ3) is 2.03. The molecule has 1 aromatic carbocycles. The Morgan fingerprint density at radius 2 is 1.89 bits per heavy atom. The number of carbonyl (C=O) groups is 1. The second kappa shape index (κ2) is 4.62. The van der Waals surface area contributed by atoms with Crippen molar-refractivity contribution >= 4 is 11.7 Å². The number of aromatic nitrogens is 1. The molecular weight excluding hydrogens is 236 g/mol. The lowest BCUT2D eigenvalue weighted by atomic mass is 9.99. The van der Waals surface area contributed by atoms with Crippen LogP contribution in [0.25, 0.3) is 11.1 Å². The molecule has 0 spiro atoms. The Bertz CT molecular complexity index is 578. The number of aromatic carboxylic acids is 1. The van der Waals surface area contributed by atoms with Crippen molar-refractivity contribution in [3.63, 3.8) is 0 Å². The number of carboxylic acid groups (broad SMARTS) is 1. The Hall–Kier alpha value is -2.76. The molecule has 0 aliphatic heterocycles. The standard InChI is InChI=1S/C12H8N2O4/c15-12(16)9-2-1-3-10(14(17)18)11(9)8-4-6-13-7-5-8/h1-7H,(H,15,16). The van der Waals surface area contributed by atoms with Crippen LogP contribution in [0.1, 0.15) is 10.4 Å². The largest absolute Gasteiger partial charge is 0.478 e. The SMILES string of the molecule is O=C(O)c1cccc([N+](=O)[O-])c1-c1ccncc1. The van der Waals surface area contributed by atoms with Crippen LogP contribution in [0.4, 0.5) is 5.69 Å². The van der Waals surface area contributed by atoms with Crippen LogP contribution in [0, 0.1) is 10.1 Å². The predicted molar refractivity (Wildman–Crippen MR) is 63.3 cm³/mol. The molecule has 0 fully saturated rings.